The maximum absolute atomic E-state index is 10.4. The van der Waals surface area contributed by atoms with Gasteiger partial charge in [0.15, 0.2) is 0 Å². The zero-order valence-corrected chi connectivity index (χ0v) is 9.06. The van der Waals surface area contributed by atoms with E-state index in [-0.39, 0.29) is 13.2 Å². The third-order valence-corrected chi connectivity index (χ3v) is 1.23. The van der Waals surface area contributed by atoms with Crippen molar-refractivity contribution in [2.45, 2.75) is 25.9 Å². The van der Waals surface area contributed by atoms with E-state index in [0.717, 1.165) is 6.08 Å². The minimum absolute atomic E-state index is 0.139. The van der Waals surface area contributed by atoms with Gasteiger partial charge in [0.05, 0.1) is 19.3 Å². The Labute approximate surface area is 90.0 Å². The Kier molecular flexibility index (Phi) is 14.4. The fourth-order valence-corrected chi connectivity index (χ4v) is 0.446. The molecule has 0 rings (SSSR count). The molecule has 0 saturated carbocycles. The topological polar surface area (TPSA) is 87.0 Å². The van der Waals surface area contributed by atoms with Crippen LogP contribution in [-0.2, 0) is 9.53 Å². The van der Waals surface area contributed by atoms with Gasteiger partial charge in [-0.3, -0.25) is 0 Å². The molecule has 0 aromatic carbocycles. The molecule has 1 unspecified atom stereocenters. The summed E-state index contributed by atoms with van der Waals surface area (Å²) in [6.07, 6.45) is 1.94. The third kappa shape index (κ3) is 19.5. The second-order valence-electron chi connectivity index (χ2n) is 2.83. The molecule has 5 nitrogen and oxygen atoms in total. The third-order valence-electron chi connectivity index (χ3n) is 1.23. The van der Waals surface area contributed by atoms with E-state index in [1.54, 1.807) is 0 Å². The maximum atomic E-state index is 10.4. The van der Waals surface area contributed by atoms with Crippen molar-refractivity contribution >= 4 is 5.97 Å². The largest absolute Gasteiger partial charge is 0.463 e. The number of aliphatic hydroxyl groups excluding tert-OH is 3. The fraction of sp³-hybridized carbons (Fsp3) is 0.700. The van der Waals surface area contributed by atoms with Gasteiger partial charge in [0, 0.05) is 12.7 Å². The van der Waals surface area contributed by atoms with Gasteiger partial charge in [-0.1, -0.05) is 6.58 Å². The predicted molar refractivity (Wildman–Crippen MR) is 56.2 cm³/mol. The van der Waals surface area contributed by atoms with E-state index in [0.29, 0.717) is 19.4 Å². The summed E-state index contributed by atoms with van der Waals surface area (Å²) >= 11 is 0. The molecule has 0 aliphatic heterocycles. The lowest BCUT2D eigenvalue weighted by Gasteiger charge is -1.98. The Bertz CT molecular complexity index is 156. The van der Waals surface area contributed by atoms with Gasteiger partial charge in [0.25, 0.3) is 0 Å². The first-order chi connectivity index (χ1) is 7.08. The number of rotatable bonds is 6. The van der Waals surface area contributed by atoms with Gasteiger partial charge < -0.3 is 20.1 Å². The first-order valence-electron chi connectivity index (χ1n) is 4.77. The van der Waals surface area contributed by atoms with Gasteiger partial charge in [-0.15, -0.1) is 0 Å². The Hall–Kier alpha value is -0.910. The highest BCUT2D eigenvalue weighted by Crippen LogP contribution is 1.88. The van der Waals surface area contributed by atoms with Crippen LogP contribution in [0.3, 0.4) is 0 Å². The normalized spacial score (nSPS) is 10.9. The van der Waals surface area contributed by atoms with E-state index in [2.05, 4.69) is 11.3 Å². The van der Waals surface area contributed by atoms with Crippen molar-refractivity contribution in [2.24, 2.45) is 0 Å². The number of esters is 1. The van der Waals surface area contributed by atoms with Crippen molar-refractivity contribution in [1.82, 2.24) is 0 Å². The highest BCUT2D eigenvalue weighted by molar-refractivity contribution is 5.81. The van der Waals surface area contributed by atoms with Crippen LogP contribution >= 0.6 is 0 Å². The van der Waals surface area contributed by atoms with E-state index in [4.69, 9.17) is 15.3 Å². The highest BCUT2D eigenvalue weighted by Gasteiger charge is 1.92. The van der Waals surface area contributed by atoms with Crippen LogP contribution in [0.15, 0.2) is 12.7 Å². The van der Waals surface area contributed by atoms with Crippen LogP contribution in [0.2, 0.25) is 0 Å². The van der Waals surface area contributed by atoms with Crippen LogP contribution in [-0.4, -0.2) is 47.2 Å². The van der Waals surface area contributed by atoms with E-state index >= 15 is 0 Å². The minimum Gasteiger partial charge on any atom is -0.463 e. The SMILES string of the molecule is C=CC(=O)OCCCCO.CC(O)CO. The molecule has 0 aliphatic carbocycles. The zero-order chi connectivity index (χ0) is 12.1. The van der Waals surface area contributed by atoms with Gasteiger partial charge in [-0.05, 0) is 19.8 Å². The molecule has 0 heterocycles. The van der Waals surface area contributed by atoms with Gasteiger partial charge in [-0.2, -0.15) is 0 Å². The molecule has 15 heavy (non-hydrogen) atoms. The number of unbranched alkanes of at least 4 members (excludes halogenated alkanes) is 1. The lowest BCUT2D eigenvalue weighted by atomic mass is 10.3. The highest BCUT2D eigenvalue weighted by atomic mass is 16.5. The van der Waals surface area contributed by atoms with Crippen molar-refractivity contribution in [1.29, 1.82) is 0 Å². The van der Waals surface area contributed by atoms with E-state index in [9.17, 15) is 4.79 Å². The molecule has 0 bridgehead atoms. The molecular formula is C10H20O5. The van der Waals surface area contributed by atoms with Gasteiger partial charge in [0.1, 0.15) is 0 Å². The first-order valence-corrected chi connectivity index (χ1v) is 4.77. The molecule has 0 aliphatic rings. The van der Waals surface area contributed by atoms with E-state index in [1.807, 2.05) is 0 Å². The number of aliphatic hydroxyl groups is 3. The Morgan fingerprint density at radius 2 is 2.00 bits per heavy atom. The van der Waals surface area contributed by atoms with Crippen LogP contribution in [0.4, 0.5) is 0 Å². The van der Waals surface area contributed by atoms with E-state index < -0.39 is 12.1 Å². The average Bonchev–Trinajstić information content (AvgIpc) is 2.24. The maximum Gasteiger partial charge on any atom is 0.330 e. The van der Waals surface area contributed by atoms with E-state index in [1.165, 1.54) is 6.92 Å². The Morgan fingerprint density at radius 3 is 2.33 bits per heavy atom. The van der Waals surface area contributed by atoms with Crippen molar-refractivity contribution < 1.29 is 24.9 Å². The molecular weight excluding hydrogens is 200 g/mol. The summed E-state index contributed by atoms with van der Waals surface area (Å²) in [5, 5.41) is 24.3. The zero-order valence-electron chi connectivity index (χ0n) is 9.06. The van der Waals surface area contributed by atoms with Gasteiger partial charge >= 0.3 is 5.97 Å². The number of hydrogen-bond acceptors (Lipinski definition) is 5. The van der Waals surface area contributed by atoms with Crippen LogP contribution < -0.4 is 0 Å². The minimum atomic E-state index is -0.560. The van der Waals surface area contributed by atoms with Crippen LogP contribution in [0.25, 0.3) is 0 Å². The van der Waals surface area contributed by atoms with Crippen LogP contribution in [0.5, 0.6) is 0 Å². The summed E-state index contributed by atoms with van der Waals surface area (Å²) in [5.74, 6) is -0.405. The molecule has 0 radical (unpaired) electrons. The molecule has 0 aromatic rings. The molecule has 0 fully saturated rings. The number of hydrogen-bond donors (Lipinski definition) is 3. The smallest absolute Gasteiger partial charge is 0.330 e. The molecule has 0 spiro atoms. The average molecular weight is 220 g/mol. The van der Waals surface area contributed by atoms with Crippen LogP contribution in [0, 0.1) is 0 Å². The molecule has 0 amide bonds. The second-order valence-corrected chi connectivity index (χ2v) is 2.83. The molecule has 1 atom stereocenters. The molecule has 3 N–H and O–H groups in total. The lowest BCUT2D eigenvalue weighted by molar-refractivity contribution is -0.137. The summed E-state index contributed by atoms with van der Waals surface area (Å²) < 4.78 is 4.63. The van der Waals surface area contributed by atoms with Crippen molar-refractivity contribution in [3.05, 3.63) is 12.7 Å². The summed E-state index contributed by atoms with van der Waals surface area (Å²) in [5.41, 5.74) is 0. The van der Waals surface area contributed by atoms with Gasteiger partial charge in [0.2, 0.25) is 0 Å². The molecule has 5 heteroatoms. The van der Waals surface area contributed by atoms with Crippen molar-refractivity contribution in [2.75, 3.05) is 19.8 Å². The van der Waals surface area contributed by atoms with Gasteiger partial charge in [-0.25, -0.2) is 4.79 Å². The van der Waals surface area contributed by atoms with Crippen LogP contribution in [0.1, 0.15) is 19.8 Å². The standard InChI is InChI=1S/C7H12O3.C3H8O2/c1-2-7(9)10-6-4-3-5-8;1-3(5)2-4/h2,8H,1,3-6H2;3-5H,2H2,1H3. The number of carbonyl (C=O) groups excluding carboxylic acids is 1. The first kappa shape index (κ1) is 16.5. The second kappa shape index (κ2) is 13.1. The lowest BCUT2D eigenvalue weighted by Crippen LogP contribution is -2.03. The Balaban J connectivity index is 0. The van der Waals surface area contributed by atoms with Crippen molar-refractivity contribution in [3.63, 3.8) is 0 Å². The summed E-state index contributed by atoms with van der Waals surface area (Å²) in [6, 6.07) is 0. The predicted octanol–water partition coefficient (Wildman–Crippen LogP) is -0.152. The molecule has 0 aromatic heterocycles. The summed E-state index contributed by atoms with van der Waals surface area (Å²) in [6.45, 7) is 5.14. The van der Waals surface area contributed by atoms with Crippen molar-refractivity contribution in [3.8, 4) is 0 Å². The quantitative estimate of drug-likeness (QED) is 0.329. The molecule has 0 saturated heterocycles. The fourth-order valence-electron chi connectivity index (χ4n) is 0.446. The molecule has 90 valence electrons. The summed E-state index contributed by atoms with van der Waals surface area (Å²) in [4.78, 5) is 10.4. The number of ether oxygens (including phenoxy) is 1. The monoisotopic (exact) mass is 220 g/mol. The Morgan fingerprint density at radius 1 is 1.47 bits per heavy atom. The summed E-state index contributed by atoms with van der Waals surface area (Å²) in [7, 11) is 0. The number of carbonyl (C=O) groups is 1.